The minimum absolute atomic E-state index is 0.112. The molecule has 0 aliphatic rings. The average Bonchev–Trinajstić information content (AvgIpc) is 2.82. The molecule has 0 unspecified atom stereocenters. The molecule has 0 amide bonds. The fraction of sp³-hybridized carbons (Fsp3) is 0.111. The highest BCUT2D eigenvalue weighted by molar-refractivity contribution is 5.40. The molecular weight excluding hydrogens is 192 g/mol. The number of nitrogens with zero attached hydrogens (tertiary/aromatic N) is 6. The molecule has 0 radical (unpaired) electrons. The molecule has 0 spiro atoms. The van der Waals surface area contributed by atoms with Crippen LogP contribution in [0.3, 0.4) is 0 Å². The second-order valence-electron chi connectivity index (χ2n) is 2.87. The van der Waals surface area contributed by atoms with Crippen molar-refractivity contribution in [3.63, 3.8) is 0 Å². The number of hydrogen-bond donors (Lipinski definition) is 0. The van der Waals surface area contributed by atoms with Crippen LogP contribution >= 0.6 is 0 Å². The number of hydrogen-bond acceptors (Lipinski definition) is 4. The highest BCUT2D eigenvalue weighted by atomic mass is 15.2. The lowest BCUT2D eigenvalue weighted by atomic mass is 10.3. The van der Waals surface area contributed by atoms with Crippen LogP contribution in [0.25, 0.3) is 5.95 Å². The Kier molecular flexibility index (Phi) is 1.96. The predicted octanol–water partition coefficient (Wildman–Crippen LogP) is 0.349. The first kappa shape index (κ1) is 8.97. The van der Waals surface area contributed by atoms with Gasteiger partial charge in [0, 0.05) is 19.4 Å². The van der Waals surface area contributed by atoms with E-state index < -0.39 is 0 Å². The zero-order valence-electron chi connectivity index (χ0n) is 7.92. The predicted molar refractivity (Wildman–Crippen MR) is 49.8 cm³/mol. The Morgan fingerprint density at radius 1 is 1.27 bits per heavy atom. The summed E-state index contributed by atoms with van der Waals surface area (Å²) in [6.45, 7) is 0. The van der Waals surface area contributed by atoms with Gasteiger partial charge in [-0.1, -0.05) is 0 Å². The maximum atomic E-state index is 8.91. The third kappa shape index (κ3) is 1.25. The fourth-order valence-electron chi connectivity index (χ4n) is 1.28. The van der Waals surface area contributed by atoms with Gasteiger partial charge in [0.15, 0.2) is 11.4 Å². The van der Waals surface area contributed by atoms with Crippen molar-refractivity contribution in [3.05, 3.63) is 30.1 Å². The van der Waals surface area contributed by atoms with Gasteiger partial charge in [0.05, 0.1) is 0 Å². The molecule has 6 heteroatoms. The number of imidazole rings is 2. The summed E-state index contributed by atoms with van der Waals surface area (Å²) in [5.41, 5.74) is 0.312. The van der Waals surface area contributed by atoms with Crippen molar-refractivity contribution < 1.29 is 0 Å². The summed E-state index contributed by atoms with van der Waals surface area (Å²) in [6, 6.07) is 3.79. The van der Waals surface area contributed by atoms with Crippen LogP contribution in [-0.2, 0) is 7.05 Å². The smallest absolute Gasteiger partial charge is 0.215 e. The van der Waals surface area contributed by atoms with E-state index in [1.807, 2.05) is 12.1 Å². The van der Waals surface area contributed by atoms with Crippen molar-refractivity contribution in [1.82, 2.24) is 19.1 Å². The van der Waals surface area contributed by atoms with Gasteiger partial charge in [0.2, 0.25) is 5.95 Å². The van der Waals surface area contributed by atoms with Gasteiger partial charge in [-0.15, -0.1) is 0 Å². The molecule has 15 heavy (non-hydrogen) atoms. The number of aromatic nitrogens is 4. The molecule has 72 valence electrons. The molecule has 0 N–H and O–H groups in total. The van der Waals surface area contributed by atoms with Crippen LogP contribution in [-0.4, -0.2) is 19.1 Å². The van der Waals surface area contributed by atoms with Crippen molar-refractivity contribution in [2.75, 3.05) is 0 Å². The van der Waals surface area contributed by atoms with Crippen LogP contribution in [0.2, 0.25) is 0 Å². The quantitative estimate of drug-likeness (QED) is 0.661. The summed E-state index contributed by atoms with van der Waals surface area (Å²) in [7, 11) is 1.80. The molecule has 0 bridgehead atoms. The standard InChI is InChI=1S/C9H6N6/c1-14-3-2-12-9(14)15-6-13-7(4-10)8(15)5-11/h2-3,6H,1H3. The number of rotatable bonds is 1. The van der Waals surface area contributed by atoms with Crippen LogP contribution in [0.1, 0.15) is 11.4 Å². The summed E-state index contributed by atoms with van der Waals surface area (Å²) >= 11 is 0. The molecule has 2 aromatic heterocycles. The van der Waals surface area contributed by atoms with Crippen molar-refractivity contribution in [1.29, 1.82) is 10.5 Å². The van der Waals surface area contributed by atoms with E-state index in [0.717, 1.165) is 0 Å². The van der Waals surface area contributed by atoms with Gasteiger partial charge < -0.3 is 4.57 Å². The Labute approximate surface area is 85.6 Å². The molecule has 0 aliphatic heterocycles. The van der Waals surface area contributed by atoms with Crippen LogP contribution in [0.15, 0.2) is 18.7 Å². The van der Waals surface area contributed by atoms with Crippen molar-refractivity contribution >= 4 is 0 Å². The highest BCUT2D eigenvalue weighted by Gasteiger charge is 2.13. The third-order valence-electron chi connectivity index (χ3n) is 1.99. The Hall–Kier alpha value is -2.60. The van der Waals surface area contributed by atoms with Crippen LogP contribution < -0.4 is 0 Å². The molecule has 0 saturated heterocycles. The molecule has 0 saturated carbocycles. The van der Waals surface area contributed by atoms with Crippen LogP contribution in [0.5, 0.6) is 0 Å². The van der Waals surface area contributed by atoms with E-state index in [4.69, 9.17) is 10.5 Å². The van der Waals surface area contributed by atoms with Crippen LogP contribution in [0.4, 0.5) is 0 Å². The second-order valence-corrected chi connectivity index (χ2v) is 2.87. The van der Waals surface area contributed by atoms with Gasteiger partial charge in [-0.2, -0.15) is 10.5 Å². The summed E-state index contributed by atoms with van der Waals surface area (Å²) in [5.74, 6) is 0.556. The topological polar surface area (TPSA) is 83.2 Å². The normalized spacial score (nSPS) is 9.53. The maximum absolute atomic E-state index is 8.91. The summed E-state index contributed by atoms with van der Waals surface area (Å²) in [5, 5.41) is 17.6. The Balaban J connectivity index is 2.67. The first-order valence-electron chi connectivity index (χ1n) is 4.13. The van der Waals surface area contributed by atoms with E-state index in [-0.39, 0.29) is 11.4 Å². The lowest BCUT2D eigenvalue weighted by Gasteiger charge is -2.01. The molecule has 2 heterocycles. The molecular formula is C9H6N6. The van der Waals surface area contributed by atoms with Gasteiger partial charge in [-0.05, 0) is 0 Å². The SMILES string of the molecule is Cn1ccnc1-n1cnc(C#N)c1C#N. The maximum Gasteiger partial charge on any atom is 0.215 e. The van der Waals surface area contributed by atoms with E-state index in [0.29, 0.717) is 5.95 Å². The Bertz CT molecular complexity index is 576. The first-order chi connectivity index (χ1) is 7.27. The molecule has 0 atom stereocenters. The Morgan fingerprint density at radius 3 is 2.60 bits per heavy atom. The molecule has 6 nitrogen and oxygen atoms in total. The first-order valence-corrected chi connectivity index (χ1v) is 4.13. The molecule has 0 aliphatic carbocycles. The van der Waals surface area contributed by atoms with Gasteiger partial charge in [0.25, 0.3) is 0 Å². The van der Waals surface area contributed by atoms with Gasteiger partial charge in [-0.3, -0.25) is 4.57 Å². The molecule has 2 rings (SSSR count). The lowest BCUT2D eigenvalue weighted by Crippen LogP contribution is -2.04. The zero-order chi connectivity index (χ0) is 10.8. The second kappa shape index (κ2) is 3.28. The zero-order valence-corrected chi connectivity index (χ0v) is 7.92. The third-order valence-corrected chi connectivity index (χ3v) is 1.99. The van der Waals surface area contributed by atoms with E-state index in [1.165, 1.54) is 10.9 Å². The molecule has 0 fully saturated rings. The van der Waals surface area contributed by atoms with Crippen molar-refractivity contribution in [2.45, 2.75) is 0 Å². The minimum atomic E-state index is 0.112. The van der Waals surface area contributed by atoms with Crippen molar-refractivity contribution in [2.24, 2.45) is 7.05 Å². The lowest BCUT2D eigenvalue weighted by molar-refractivity contribution is 0.812. The molecule has 2 aromatic rings. The van der Waals surface area contributed by atoms with E-state index in [9.17, 15) is 0 Å². The minimum Gasteiger partial charge on any atom is -0.320 e. The van der Waals surface area contributed by atoms with E-state index in [2.05, 4.69) is 9.97 Å². The largest absolute Gasteiger partial charge is 0.320 e. The summed E-state index contributed by atoms with van der Waals surface area (Å²) < 4.78 is 3.22. The van der Waals surface area contributed by atoms with E-state index in [1.54, 1.807) is 24.0 Å². The van der Waals surface area contributed by atoms with Crippen LogP contribution in [0, 0.1) is 22.7 Å². The highest BCUT2D eigenvalue weighted by Crippen LogP contribution is 2.11. The summed E-state index contributed by atoms with van der Waals surface area (Å²) in [4.78, 5) is 7.90. The molecule has 0 aromatic carbocycles. The average molecular weight is 198 g/mol. The number of nitriles is 2. The van der Waals surface area contributed by atoms with Crippen molar-refractivity contribution in [3.8, 4) is 18.1 Å². The van der Waals surface area contributed by atoms with E-state index >= 15 is 0 Å². The number of aryl methyl sites for hydroxylation is 1. The summed E-state index contributed by atoms with van der Waals surface area (Å²) in [6.07, 6.45) is 4.78. The van der Waals surface area contributed by atoms with Gasteiger partial charge in [0.1, 0.15) is 18.5 Å². The monoisotopic (exact) mass is 198 g/mol. The fourth-order valence-corrected chi connectivity index (χ4v) is 1.28. The Morgan fingerprint density at radius 2 is 2.07 bits per heavy atom. The van der Waals surface area contributed by atoms with Gasteiger partial charge in [-0.25, -0.2) is 9.97 Å². The van der Waals surface area contributed by atoms with Gasteiger partial charge >= 0.3 is 0 Å².